The number of hydrogen-bond acceptors (Lipinski definition) is 4. The highest BCUT2D eigenvalue weighted by molar-refractivity contribution is 6.39. The predicted octanol–water partition coefficient (Wildman–Crippen LogP) is 1.09. The van der Waals surface area contributed by atoms with Gasteiger partial charge in [0.25, 0.3) is 0 Å². The van der Waals surface area contributed by atoms with Gasteiger partial charge in [-0.3, -0.25) is 9.59 Å². The Labute approximate surface area is 172 Å². The van der Waals surface area contributed by atoms with Crippen molar-refractivity contribution in [2.45, 2.75) is 13.0 Å². The summed E-state index contributed by atoms with van der Waals surface area (Å²) in [6.45, 7) is 2.68. The number of quaternary nitrogens is 1. The highest BCUT2D eigenvalue weighted by Gasteiger charge is 2.22. The molecule has 0 aliphatic rings. The van der Waals surface area contributed by atoms with Crippen LogP contribution in [0.2, 0.25) is 0 Å². The molecule has 0 aliphatic heterocycles. The Morgan fingerprint density at radius 2 is 1.69 bits per heavy atom. The zero-order valence-electron chi connectivity index (χ0n) is 17.8. The van der Waals surface area contributed by atoms with Gasteiger partial charge in [0.2, 0.25) is 0 Å². The van der Waals surface area contributed by atoms with Crippen LogP contribution in [0.4, 0.5) is 11.4 Å². The number of likely N-dealkylation sites (N-methyl/N-ethyl adjacent to an activating group) is 1. The zero-order chi connectivity index (χ0) is 21.4. The predicted molar refractivity (Wildman–Crippen MR) is 116 cm³/mol. The number of benzene rings is 2. The summed E-state index contributed by atoms with van der Waals surface area (Å²) in [5.74, 6) is -0.854. The van der Waals surface area contributed by atoms with E-state index in [1.807, 2.05) is 58.2 Å². The molecule has 0 saturated heterocycles. The van der Waals surface area contributed by atoms with Crippen molar-refractivity contribution < 1.29 is 19.2 Å². The maximum absolute atomic E-state index is 12.3. The lowest BCUT2D eigenvalue weighted by Gasteiger charge is -2.23. The van der Waals surface area contributed by atoms with Crippen molar-refractivity contribution in [3.8, 4) is 5.75 Å². The molecule has 3 N–H and O–H groups in total. The van der Waals surface area contributed by atoms with E-state index in [9.17, 15) is 9.59 Å². The lowest BCUT2D eigenvalue weighted by molar-refractivity contribution is -0.890. The number of amides is 2. The number of nitrogens with one attached hydrogen (secondary N) is 3. The summed E-state index contributed by atoms with van der Waals surface area (Å²) in [4.78, 5) is 27.8. The molecule has 2 rings (SSSR count). The van der Waals surface area contributed by atoms with E-state index in [1.54, 1.807) is 18.2 Å². The first-order valence-corrected chi connectivity index (χ1v) is 9.71. The van der Waals surface area contributed by atoms with Crippen LogP contribution in [-0.4, -0.2) is 53.2 Å². The molecule has 0 bridgehead atoms. The van der Waals surface area contributed by atoms with Gasteiger partial charge in [-0.05, 0) is 31.2 Å². The minimum absolute atomic E-state index is 0.0265. The smallest absolute Gasteiger partial charge is 0.313 e. The summed E-state index contributed by atoms with van der Waals surface area (Å²) in [6.07, 6.45) is 0. The number of rotatable bonds is 8. The fourth-order valence-electron chi connectivity index (χ4n) is 2.97. The number of anilines is 2. The monoisotopic (exact) mass is 399 g/mol. The van der Waals surface area contributed by atoms with Crippen LogP contribution in [-0.2, 0) is 9.59 Å². The molecule has 0 aliphatic carbocycles. The van der Waals surface area contributed by atoms with Crippen molar-refractivity contribution in [2.24, 2.45) is 0 Å². The molecule has 7 nitrogen and oxygen atoms in total. The van der Waals surface area contributed by atoms with Crippen LogP contribution < -0.4 is 25.2 Å². The number of nitrogens with zero attached hydrogens (tertiary/aromatic N) is 1. The van der Waals surface area contributed by atoms with E-state index in [0.717, 1.165) is 16.2 Å². The van der Waals surface area contributed by atoms with Crippen molar-refractivity contribution >= 4 is 23.2 Å². The summed E-state index contributed by atoms with van der Waals surface area (Å²) in [5, 5.41) is 5.37. The van der Waals surface area contributed by atoms with Gasteiger partial charge in [-0.25, -0.2) is 0 Å². The number of para-hydroxylation sites is 2. The third-order valence-corrected chi connectivity index (χ3v) is 4.62. The molecule has 0 heterocycles. The topological polar surface area (TPSA) is 75.1 Å². The van der Waals surface area contributed by atoms with Crippen molar-refractivity contribution in [1.82, 2.24) is 5.32 Å². The molecule has 0 radical (unpaired) electrons. The minimum Gasteiger partial charge on any atom is -0.492 e. The number of ether oxygens (including phenoxy) is 1. The van der Waals surface area contributed by atoms with Crippen LogP contribution in [0.1, 0.15) is 18.5 Å². The van der Waals surface area contributed by atoms with Crippen LogP contribution in [0.5, 0.6) is 5.75 Å². The number of carbonyl (C=O) groups is 2. The maximum Gasteiger partial charge on any atom is 0.313 e. The lowest BCUT2D eigenvalue weighted by atomic mass is 10.1. The fourth-order valence-corrected chi connectivity index (χ4v) is 2.97. The van der Waals surface area contributed by atoms with Crippen molar-refractivity contribution in [2.75, 3.05) is 51.6 Å². The third-order valence-electron chi connectivity index (χ3n) is 4.62. The summed E-state index contributed by atoms with van der Waals surface area (Å²) < 4.78 is 5.48. The maximum atomic E-state index is 12.3. The third kappa shape index (κ3) is 6.22. The van der Waals surface area contributed by atoms with E-state index >= 15 is 0 Å². The second-order valence-electron chi connectivity index (χ2n) is 7.21. The molecule has 0 spiro atoms. The molecular formula is C22H31N4O3+. The highest BCUT2D eigenvalue weighted by atomic mass is 16.5. The average Bonchev–Trinajstić information content (AvgIpc) is 2.69. The molecule has 0 fully saturated rings. The first-order chi connectivity index (χ1) is 13.8. The van der Waals surface area contributed by atoms with Crippen LogP contribution in [0.3, 0.4) is 0 Å². The Morgan fingerprint density at radius 1 is 1.03 bits per heavy atom. The molecule has 0 unspecified atom stereocenters. The quantitative estimate of drug-likeness (QED) is 0.581. The van der Waals surface area contributed by atoms with E-state index in [2.05, 4.69) is 22.8 Å². The van der Waals surface area contributed by atoms with Crippen molar-refractivity contribution in [3.63, 3.8) is 0 Å². The lowest BCUT2D eigenvalue weighted by Crippen LogP contribution is -3.07. The molecule has 2 aromatic carbocycles. The van der Waals surface area contributed by atoms with Crippen molar-refractivity contribution in [1.29, 1.82) is 0 Å². The standard InChI is InChI=1S/C22H30N4O3/c1-6-29-20-10-8-7-9-18(20)24-22(28)21(27)23-15-19(26(4)5)16-11-13-17(14-12-16)25(2)3/h7-14,19H,6,15H2,1-5H3,(H,23,27)(H,24,28)/p+1/t19-/m0/s1. The molecule has 2 amide bonds. The average molecular weight is 400 g/mol. The summed E-state index contributed by atoms with van der Waals surface area (Å²) >= 11 is 0. The van der Waals surface area contributed by atoms with Gasteiger partial charge in [0.1, 0.15) is 11.8 Å². The molecule has 2 aromatic rings. The van der Waals surface area contributed by atoms with Gasteiger partial charge < -0.3 is 25.2 Å². The SMILES string of the molecule is CCOc1ccccc1NC(=O)C(=O)NC[C@@H](c1ccc(N(C)C)cc1)[NH+](C)C. The molecule has 156 valence electrons. The second kappa shape index (κ2) is 10.5. The van der Waals surface area contributed by atoms with Crippen LogP contribution >= 0.6 is 0 Å². The van der Waals surface area contributed by atoms with E-state index in [1.165, 1.54) is 0 Å². The largest absolute Gasteiger partial charge is 0.492 e. The van der Waals surface area contributed by atoms with Gasteiger partial charge in [-0.1, -0.05) is 24.3 Å². The summed E-state index contributed by atoms with van der Waals surface area (Å²) in [5.41, 5.74) is 2.68. The molecule has 7 heteroatoms. The first-order valence-electron chi connectivity index (χ1n) is 9.71. The minimum atomic E-state index is -0.715. The van der Waals surface area contributed by atoms with Gasteiger partial charge in [0.05, 0.1) is 32.9 Å². The number of hydrogen-bond donors (Lipinski definition) is 3. The Morgan fingerprint density at radius 3 is 2.28 bits per heavy atom. The Hall–Kier alpha value is -3.06. The first kappa shape index (κ1) is 22.2. The van der Waals surface area contributed by atoms with Gasteiger partial charge >= 0.3 is 11.8 Å². The highest BCUT2D eigenvalue weighted by Crippen LogP contribution is 2.23. The number of carbonyl (C=O) groups excluding carboxylic acids is 2. The van der Waals surface area contributed by atoms with Crippen LogP contribution in [0.25, 0.3) is 0 Å². The van der Waals surface area contributed by atoms with Gasteiger partial charge in [0.15, 0.2) is 0 Å². The zero-order valence-corrected chi connectivity index (χ0v) is 17.8. The summed E-state index contributed by atoms with van der Waals surface area (Å²) in [6, 6.07) is 15.3. The second-order valence-corrected chi connectivity index (χ2v) is 7.21. The van der Waals surface area contributed by atoms with E-state index in [4.69, 9.17) is 4.74 Å². The molecule has 0 aromatic heterocycles. The Balaban J connectivity index is 2.00. The van der Waals surface area contributed by atoms with E-state index < -0.39 is 11.8 Å². The van der Waals surface area contributed by atoms with Crippen LogP contribution in [0.15, 0.2) is 48.5 Å². The van der Waals surface area contributed by atoms with Gasteiger partial charge in [0, 0.05) is 25.3 Å². The van der Waals surface area contributed by atoms with Crippen LogP contribution in [0, 0.1) is 0 Å². The van der Waals surface area contributed by atoms with Gasteiger partial charge in [-0.2, -0.15) is 0 Å². The fraction of sp³-hybridized carbons (Fsp3) is 0.364. The summed E-state index contributed by atoms with van der Waals surface area (Å²) in [7, 11) is 8.03. The van der Waals surface area contributed by atoms with Crippen molar-refractivity contribution in [3.05, 3.63) is 54.1 Å². The Bertz CT molecular complexity index is 819. The van der Waals surface area contributed by atoms with E-state index in [-0.39, 0.29) is 6.04 Å². The molecule has 29 heavy (non-hydrogen) atoms. The normalized spacial score (nSPS) is 11.7. The van der Waals surface area contributed by atoms with Gasteiger partial charge in [-0.15, -0.1) is 0 Å². The molecule has 1 atom stereocenters. The molecular weight excluding hydrogens is 368 g/mol. The van der Waals surface area contributed by atoms with E-state index in [0.29, 0.717) is 24.6 Å². The molecule has 0 saturated carbocycles. The Kier molecular flexibility index (Phi) is 8.03.